The summed E-state index contributed by atoms with van der Waals surface area (Å²) in [5.41, 5.74) is 4.79. The fourth-order valence-corrected chi connectivity index (χ4v) is 3.48. The molecular formula is C16H17NO4. The molecule has 0 saturated carbocycles. The highest BCUT2D eigenvalue weighted by Crippen LogP contribution is 2.44. The molecule has 0 aromatic heterocycles. The molecule has 0 spiro atoms. The van der Waals surface area contributed by atoms with Gasteiger partial charge >= 0.3 is 6.09 Å². The number of carbonyl (C=O) groups is 1. The van der Waals surface area contributed by atoms with E-state index in [1.165, 1.54) is 16.7 Å². The summed E-state index contributed by atoms with van der Waals surface area (Å²) in [5, 5.41) is 0. The summed E-state index contributed by atoms with van der Waals surface area (Å²) in [6.45, 7) is 3.02. The first-order chi connectivity index (χ1) is 10.3. The van der Waals surface area contributed by atoms with Gasteiger partial charge in [-0.05, 0) is 42.9 Å². The van der Waals surface area contributed by atoms with Gasteiger partial charge in [0.2, 0.25) is 12.0 Å². The van der Waals surface area contributed by atoms with Crippen LogP contribution in [-0.4, -0.2) is 25.2 Å². The summed E-state index contributed by atoms with van der Waals surface area (Å²) in [4.78, 5) is 15.4. The Bertz CT molecular complexity index is 618. The van der Waals surface area contributed by atoms with Gasteiger partial charge in [-0.25, -0.2) is 4.79 Å². The Balaban J connectivity index is 1.85. The van der Waals surface area contributed by atoms with Crippen LogP contribution in [0.25, 0.3) is 0 Å². The van der Waals surface area contributed by atoms with E-state index < -0.39 is 12.2 Å². The van der Waals surface area contributed by atoms with Crippen molar-refractivity contribution in [2.75, 3.05) is 13.2 Å². The van der Waals surface area contributed by atoms with Gasteiger partial charge in [-0.15, -0.1) is 4.99 Å². The van der Waals surface area contributed by atoms with E-state index in [4.69, 9.17) is 14.2 Å². The third-order valence-electron chi connectivity index (χ3n) is 4.29. The molecule has 110 valence electrons. The lowest BCUT2D eigenvalue weighted by Crippen LogP contribution is -2.16. The fourth-order valence-electron chi connectivity index (χ4n) is 3.48. The molecule has 0 fully saturated rings. The Morgan fingerprint density at radius 2 is 2.24 bits per heavy atom. The molecule has 0 saturated heterocycles. The smallest absolute Gasteiger partial charge is 0.437 e. The molecule has 2 aliphatic heterocycles. The summed E-state index contributed by atoms with van der Waals surface area (Å²) >= 11 is 0. The number of fused-ring (bicyclic) bond motifs is 2. The molecule has 5 nitrogen and oxygen atoms in total. The molecule has 0 N–H and O–H groups in total. The van der Waals surface area contributed by atoms with Crippen LogP contribution in [-0.2, 0) is 28.7 Å². The molecule has 2 heterocycles. The summed E-state index contributed by atoms with van der Waals surface area (Å²) < 4.78 is 16.8. The number of aryl methyl sites for hydroxylation is 1. The number of amides is 1. The number of hydrogen-bond acceptors (Lipinski definition) is 4. The first kappa shape index (κ1) is 12.7. The first-order valence-electron chi connectivity index (χ1n) is 7.50. The molecule has 1 aromatic carbocycles. The van der Waals surface area contributed by atoms with E-state index in [0.29, 0.717) is 19.1 Å². The Morgan fingerprint density at radius 3 is 3.10 bits per heavy atom. The first-order valence-corrected chi connectivity index (χ1v) is 7.50. The highest BCUT2D eigenvalue weighted by molar-refractivity contribution is 5.98. The maximum absolute atomic E-state index is 11.6. The van der Waals surface area contributed by atoms with Crippen LogP contribution < -0.4 is 4.74 Å². The van der Waals surface area contributed by atoms with Gasteiger partial charge in [-0.2, -0.15) is 0 Å². The third kappa shape index (κ3) is 1.91. The van der Waals surface area contributed by atoms with Crippen LogP contribution in [0.15, 0.2) is 11.1 Å². The van der Waals surface area contributed by atoms with Crippen LogP contribution in [0.5, 0.6) is 5.75 Å². The average molecular weight is 287 g/mol. The van der Waals surface area contributed by atoms with Gasteiger partial charge in [0.1, 0.15) is 5.75 Å². The van der Waals surface area contributed by atoms with Crippen molar-refractivity contribution in [2.24, 2.45) is 4.99 Å². The lowest BCUT2D eigenvalue weighted by molar-refractivity contribution is 0.138. The van der Waals surface area contributed by atoms with E-state index in [9.17, 15) is 4.79 Å². The number of hydrogen-bond donors (Lipinski definition) is 0. The molecule has 5 heteroatoms. The van der Waals surface area contributed by atoms with E-state index in [1.807, 2.05) is 6.92 Å². The Labute approximate surface area is 122 Å². The van der Waals surface area contributed by atoms with Gasteiger partial charge in [-0.1, -0.05) is 6.07 Å². The van der Waals surface area contributed by atoms with Crippen LogP contribution in [0, 0.1) is 0 Å². The van der Waals surface area contributed by atoms with E-state index in [2.05, 4.69) is 11.1 Å². The van der Waals surface area contributed by atoms with Crippen molar-refractivity contribution >= 4 is 12.0 Å². The average Bonchev–Trinajstić information content (AvgIpc) is 3.16. The number of ether oxygens (including phenoxy) is 3. The molecule has 1 aromatic rings. The van der Waals surface area contributed by atoms with Crippen molar-refractivity contribution < 1.29 is 19.0 Å². The largest absolute Gasteiger partial charge is 0.492 e. The molecule has 1 unspecified atom stereocenters. The maximum atomic E-state index is 11.6. The second kappa shape index (κ2) is 4.76. The SMILES string of the molecule is CCOC1=NC(=O)OC1c1c2c(cc3c1OCC3)CCC2. The van der Waals surface area contributed by atoms with Gasteiger partial charge in [0.05, 0.1) is 13.2 Å². The lowest BCUT2D eigenvalue weighted by atomic mass is 9.94. The maximum Gasteiger partial charge on any atom is 0.437 e. The Kier molecular flexibility index (Phi) is 2.87. The Hall–Kier alpha value is -2.04. The lowest BCUT2D eigenvalue weighted by Gasteiger charge is -2.19. The van der Waals surface area contributed by atoms with Crippen molar-refractivity contribution in [3.8, 4) is 5.75 Å². The van der Waals surface area contributed by atoms with Crippen molar-refractivity contribution in [1.82, 2.24) is 0 Å². The molecule has 0 bridgehead atoms. The van der Waals surface area contributed by atoms with E-state index in [0.717, 1.165) is 37.0 Å². The summed E-state index contributed by atoms with van der Waals surface area (Å²) in [5.74, 6) is 1.24. The van der Waals surface area contributed by atoms with Crippen LogP contribution in [0.2, 0.25) is 0 Å². The van der Waals surface area contributed by atoms with Gasteiger partial charge < -0.3 is 14.2 Å². The van der Waals surface area contributed by atoms with Crippen molar-refractivity contribution in [3.05, 3.63) is 28.3 Å². The number of rotatable bonds is 2. The highest BCUT2D eigenvalue weighted by atomic mass is 16.6. The second-order valence-electron chi connectivity index (χ2n) is 5.52. The second-order valence-corrected chi connectivity index (χ2v) is 5.52. The van der Waals surface area contributed by atoms with Crippen LogP contribution in [0.3, 0.4) is 0 Å². The standard InChI is InChI=1S/C16H17NO4/c1-2-19-15-14(21-16(18)17-15)12-11-5-3-4-9(11)8-10-6-7-20-13(10)12/h8,14H,2-7H2,1H3. The predicted octanol–water partition coefficient (Wildman–Crippen LogP) is 2.74. The zero-order chi connectivity index (χ0) is 14.4. The molecule has 3 aliphatic rings. The van der Waals surface area contributed by atoms with Crippen molar-refractivity contribution in [3.63, 3.8) is 0 Å². The third-order valence-corrected chi connectivity index (χ3v) is 4.29. The van der Waals surface area contributed by atoms with Crippen molar-refractivity contribution in [1.29, 1.82) is 0 Å². The number of benzene rings is 1. The van der Waals surface area contributed by atoms with Gasteiger partial charge in [0, 0.05) is 12.0 Å². The van der Waals surface area contributed by atoms with Crippen LogP contribution >= 0.6 is 0 Å². The summed E-state index contributed by atoms with van der Waals surface area (Å²) in [6, 6.07) is 2.25. The molecule has 0 radical (unpaired) electrons. The van der Waals surface area contributed by atoms with E-state index >= 15 is 0 Å². The van der Waals surface area contributed by atoms with Gasteiger partial charge in [-0.3, -0.25) is 0 Å². The zero-order valence-corrected chi connectivity index (χ0v) is 12.0. The predicted molar refractivity (Wildman–Crippen MR) is 75.9 cm³/mol. The number of cyclic esters (lactones) is 1. The number of nitrogens with zero attached hydrogens (tertiary/aromatic N) is 1. The Morgan fingerprint density at radius 1 is 1.33 bits per heavy atom. The molecular weight excluding hydrogens is 270 g/mol. The van der Waals surface area contributed by atoms with Gasteiger partial charge in [0.15, 0.2) is 0 Å². The van der Waals surface area contributed by atoms with E-state index in [-0.39, 0.29) is 0 Å². The minimum absolute atomic E-state index is 0.362. The quantitative estimate of drug-likeness (QED) is 0.839. The zero-order valence-electron chi connectivity index (χ0n) is 12.0. The molecule has 1 amide bonds. The molecule has 4 rings (SSSR count). The van der Waals surface area contributed by atoms with Crippen LogP contribution in [0.4, 0.5) is 4.79 Å². The van der Waals surface area contributed by atoms with Crippen molar-refractivity contribution in [2.45, 2.75) is 38.7 Å². The minimum Gasteiger partial charge on any atom is -0.492 e. The summed E-state index contributed by atoms with van der Waals surface area (Å²) in [7, 11) is 0. The fraction of sp³-hybridized carbons (Fsp3) is 0.500. The topological polar surface area (TPSA) is 57.1 Å². The summed E-state index contributed by atoms with van der Waals surface area (Å²) in [6.07, 6.45) is 3.00. The molecule has 1 aliphatic carbocycles. The van der Waals surface area contributed by atoms with Crippen LogP contribution in [0.1, 0.15) is 41.7 Å². The highest BCUT2D eigenvalue weighted by Gasteiger charge is 2.39. The number of carbonyl (C=O) groups excluding carboxylic acids is 1. The minimum atomic E-state index is -0.578. The van der Waals surface area contributed by atoms with Gasteiger partial charge in [0.25, 0.3) is 0 Å². The molecule has 1 atom stereocenters. The number of aliphatic imine (C=N–C) groups is 1. The monoisotopic (exact) mass is 287 g/mol. The molecule has 21 heavy (non-hydrogen) atoms. The van der Waals surface area contributed by atoms with E-state index in [1.54, 1.807) is 0 Å². The normalized spacial score (nSPS) is 22.4.